The maximum Gasteiger partial charge on any atom is 0.347 e. The molecular weight excluding hydrogens is 256 g/mol. The summed E-state index contributed by atoms with van der Waals surface area (Å²) in [5.74, 6) is 1.57. The number of hydrogen-bond acceptors (Lipinski definition) is 5. The molecule has 0 spiro atoms. The minimum absolute atomic E-state index is 0.300. The Labute approximate surface area is 115 Å². The summed E-state index contributed by atoms with van der Waals surface area (Å²) in [5.41, 5.74) is 2.67. The Balaban J connectivity index is 1.89. The Morgan fingerprint density at radius 2 is 2.15 bits per heavy atom. The minimum atomic E-state index is -0.300. The van der Waals surface area contributed by atoms with Crippen LogP contribution in [0.5, 0.6) is 5.75 Å². The molecule has 0 fully saturated rings. The van der Waals surface area contributed by atoms with Crippen molar-refractivity contribution in [3.8, 4) is 5.75 Å². The van der Waals surface area contributed by atoms with Crippen LogP contribution in [0.4, 0.5) is 11.5 Å². The van der Waals surface area contributed by atoms with E-state index in [-0.39, 0.29) is 5.69 Å². The number of hydrogen-bond donors (Lipinski definition) is 2. The van der Waals surface area contributed by atoms with E-state index < -0.39 is 0 Å². The van der Waals surface area contributed by atoms with Gasteiger partial charge >= 0.3 is 5.69 Å². The van der Waals surface area contributed by atoms with Crippen molar-refractivity contribution in [3.05, 3.63) is 46.0 Å². The van der Waals surface area contributed by atoms with Crippen molar-refractivity contribution < 1.29 is 4.74 Å². The van der Waals surface area contributed by atoms with Crippen LogP contribution in [0.25, 0.3) is 0 Å². The summed E-state index contributed by atoms with van der Waals surface area (Å²) < 4.78 is 5.65. The van der Waals surface area contributed by atoms with Crippen molar-refractivity contribution in [1.29, 1.82) is 0 Å². The second kappa shape index (κ2) is 4.35. The van der Waals surface area contributed by atoms with E-state index in [4.69, 9.17) is 4.74 Å². The predicted molar refractivity (Wildman–Crippen MR) is 74.3 cm³/mol. The Bertz CT molecular complexity index is 725. The highest BCUT2D eigenvalue weighted by Gasteiger charge is 2.26. The van der Waals surface area contributed by atoms with Gasteiger partial charge in [-0.2, -0.15) is 4.98 Å². The van der Waals surface area contributed by atoms with Gasteiger partial charge in [-0.15, -0.1) is 0 Å². The van der Waals surface area contributed by atoms with E-state index in [9.17, 15) is 4.79 Å². The molecule has 20 heavy (non-hydrogen) atoms. The molecule has 3 heterocycles. The van der Waals surface area contributed by atoms with Gasteiger partial charge in [-0.05, 0) is 12.1 Å². The van der Waals surface area contributed by atoms with Crippen LogP contribution in [-0.2, 0) is 13.1 Å². The summed E-state index contributed by atoms with van der Waals surface area (Å²) in [6, 6.07) is 7.84. The van der Waals surface area contributed by atoms with Crippen LogP contribution in [-0.4, -0.2) is 23.1 Å². The average molecular weight is 270 g/mol. The number of aromatic nitrogens is 2. The topological polar surface area (TPSA) is 70.2 Å². The van der Waals surface area contributed by atoms with Gasteiger partial charge in [-0.3, -0.25) is 0 Å². The number of fused-ring (bicyclic) bond motifs is 2. The van der Waals surface area contributed by atoms with Gasteiger partial charge in [0, 0.05) is 24.3 Å². The molecule has 0 unspecified atom stereocenters. The number of nitrogens with one attached hydrogen (secondary N) is 2. The first-order chi connectivity index (χ1) is 9.83. The standard InChI is InChI=1S/C14H14N4O2/c19-14-16-10-8-15-7-9(10)13(17-14)18-5-6-20-12-4-2-1-3-11(12)18/h1-4,15H,5-8H2,(H,16,17,19). The average Bonchev–Trinajstić information content (AvgIpc) is 2.94. The van der Waals surface area contributed by atoms with Crippen molar-refractivity contribution in [2.75, 3.05) is 18.1 Å². The van der Waals surface area contributed by atoms with E-state index in [2.05, 4.69) is 20.2 Å². The molecule has 6 heteroatoms. The predicted octanol–water partition coefficient (Wildman–Crippen LogP) is 0.904. The van der Waals surface area contributed by atoms with Crippen LogP contribution < -0.4 is 20.6 Å². The van der Waals surface area contributed by atoms with Crippen molar-refractivity contribution >= 4 is 11.5 Å². The molecule has 2 aromatic rings. The molecule has 1 aromatic carbocycles. The van der Waals surface area contributed by atoms with Crippen LogP contribution in [0.2, 0.25) is 0 Å². The van der Waals surface area contributed by atoms with Crippen molar-refractivity contribution in [1.82, 2.24) is 15.3 Å². The molecule has 0 radical (unpaired) electrons. The first kappa shape index (κ1) is 11.5. The summed E-state index contributed by atoms with van der Waals surface area (Å²) >= 11 is 0. The van der Waals surface area contributed by atoms with Crippen LogP contribution in [0.3, 0.4) is 0 Å². The lowest BCUT2D eigenvalue weighted by Gasteiger charge is -2.31. The Morgan fingerprint density at radius 1 is 1.25 bits per heavy atom. The summed E-state index contributed by atoms with van der Waals surface area (Å²) in [4.78, 5) is 20.8. The fourth-order valence-corrected chi connectivity index (χ4v) is 2.79. The summed E-state index contributed by atoms with van der Waals surface area (Å²) in [6.45, 7) is 2.70. The largest absolute Gasteiger partial charge is 0.490 e. The second-order valence-electron chi connectivity index (χ2n) is 4.89. The van der Waals surface area contributed by atoms with E-state index in [1.54, 1.807) is 0 Å². The molecular formula is C14H14N4O2. The summed E-state index contributed by atoms with van der Waals surface area (Å²) in [5, 5.41) is 3.25. The number of nitrogens with zero attached hydrogens (tertiary/aromatic N) is 2. The van der Waals surface area contributed by atoms with E-state index in [1.165, 1.54) is 0 Å². The van der Waals surface area contributed by atoms with E-state index in [0.717, 1.165) is 35.1 Å². The highest BCUT2D eigenvalue weighted by molar-refractivity contribution is 5.70. The molecule has 4 rings (SSSR count). The Morgan fingerprint density at radius 3 is 3.10 bits per heavy atom. The second-order valence-corrected chi connectivity index (χ2v) is 4.89. The van der Waals surface area contributed by atoms with Gasteiger partial charge < -0.3 is 19.9 Å². The van der Waals surface area contributed by atoms with Crippen LogP contribution in [0.15, 0.2) is 29.1 Å². The fourth-order valence-electron chi connectivity index (χ4n) is 2.79. The molecule has 0 aliphatic carbocycles. The quantitative estimate of drug-likeness (QED) is 0.806. The number of para-hydroxylation sites is 2. The van der Waals surface area contributed by atoms with Gasteiger partial charge in [0.1, 0.15) is 18.2 Å². The van der Waals surface area contributed by atoms with Gasteiger partial charge in [-0.1, -0.05) is 12.1 Å². The smallest absolute Gasteiger partial charge is 0.347 e. The fraction of sp³-hybridized carbons (Fsp3) is 0.286. The van der Waals surface area contributed by atoms with Crippen LogP contribution in [0.1, 0.15) is 11.3 Å². The summed E-state index contributed by atoms with van der Waals surface area (Å²) in [6.07, 6.45) is 0. The Kier molecular flexibility index (Phi) is 2.50. The Hall–Kier alpha value is -2.34. The third-order valence-corrected chi connectivity index (χ3v) is 3.69. The third-order valence-electron chi connectivity index (χ3n) is 3.69. The minimum Gasteiger partial charge on any atom is -0.490 e. The molecule has 0 saturated heterocycles. The van der Waals surface area contributed by atoms with Crippen molar-refractivity contribution in [2.45, 2.75) is 13.1 Å². The zero-order chi connectivity index (χ0) is 13.5. The molecule has 2 N–H and O–H groups in total. The number of anilines is 2. The normalized spacial score (nSPS) is 16.5. The molecule has 0 amide bonds. The lowest BCUT2D eigenvalue weighted by Crippen LogP contribution is -2.32. The van der Waals surface area contributed by atoms with Crippen LogP contribution in [0, 0.1) is 0 Å². The van der Waals surface area contributed by atoms with Gasteiger partial charge in [0.2, 0.25) is 0 Å². The zero-order valence-electron chi connectivity index (χ0n) is 10.8. The molecule has 1 aromatic heterocycles. The van der Waals surface area contributed by atoms with E-state index in [1.807, 2.05) is 24.3 Å². The van der Waals surface area contributed by atoms with Gasteiger partial charge in [0.05, 0.1) is 12.2 Å². The maximum atomic E-state index is 11.8. The highest BCUT2D eigenvalue weighted by Crippen LogP contribution is 2.37. The molecule has 6 nitrogen and oxygen atoms in total. The number of ether oxygens (including phenoxy) is 1. The van der Waals surface area contributed by atoms with Gasteiger partial charge in [-0.25, -0.2) is 4.79 Å². The number of rotatable bonds is 1. The lowest BCUT2D eigenvalue weighted by molar-refractivity contribution is 0.313. The maximum absolute atomic E-state index is 11.8. The zero-order valence-corrected chi connectivity index (χ0v) is 10.8. The van der Waals surface area contributed by atoms with Gasteiger partial charge in [0.25, 0.3) is 0 Å². The molecule has 0 bridgehead atoms. The van der Waals surface area contributed by atoms with Crippen molar-refractivity contribution in [2.24, 2.45) is 0 Å². The number of benzene rings is 1. The molecule has 102 valence electrons. The third kappa shape index (κ3) is 1.69. The number of H-pyrrole nitrogens is 1. The van der Waals surface area contributed by atoms with E-state index >= 15 is 0 Å². The first-order valence-electron chi connectivity index (χ1n) is 6.65. The van der Waals surface area contributed by atoms with Gasteiger partial charge in [0.15, 0.2) is 0 Å². The lowest BCUT2D eigenvalue weighted by atomic mass is 10.2. The molecule has 2 aliphatic heterocycles. The van der Waals surface area contributed by atoms with Crippen LogP contribution >= 0.6 is 0 Å². The molecule has 2 aliphatic rings. The highest BCUT2D eigenvalue weighted by atomic mass is 16.5. The number of aromatic amines is 1. The SMILES string of the molecule is O=c1nc(N2CCOc3ccccc32)c2c([nH]1)CNC2. The molecule has 0 atom stereocenters. The monoisotopic (exact) mass is 270 g/mol. The first-order valence-corrected chi connectivity index (χ1v) is 6.65. The van der Waals surface area contributed by atoms with Crippen molar-refractivity contribution in [3.63, 3.8) is 0 Å². The summed E-state index contributed by atoms with van der Waals surface area (Å²) in [7, 11) is 0. The molecule has 0 saturated carbocycles. The van der Waals surface area contributed by atoms with E-state index in [0.29, 0.717) is 19.7 Å².